The first kappa shape index (κ1) is 25.6. The Kier molecular flexibility index (Phi) is 5.66. The number of nitrogens with zero attached hydrogens (tertiary/aromatic N) is 3. The van der Waals surface area contributed by atoms with Crippen molar-refractivity contribution in [3.63, 3.8) is 0 Å². The minimum absolute atomic E-state index is 0.167. The number of benzene rings is 3. The molecule has 0 N–H and O–H groups in total. The van der Waals surface area contributed by atoms with E-state index >= 15 is 8.78 Å². The molecule has 0 fully saturated rings. The van der Waals surface area contributed by atoms with E-state index in [4.69, 9.17) is 4.74 Å². The van der Waals surface area contributed by atoms with Gasteiger partial charge in [-0.25, -0.2) is 18.2 Å². The summed E-state index contributed by atoms with van der Waals surface area (Å²) in [5.41, 5.74) is 0.342. The number of carbonyl (C=O) groups is 1. The minimum atomic E-state index is -3.14. The number of halogens is 5. The fourth-order valence-electron chi connectivity index (χ4n) is 5.67. The van der Waals surface area contributed by atoms with Crippen LogP contribution < -0.4 is 10.0 Å². The number of hydrogen-bond acceptors (Lipinski definition) is 4. The number of aromatic nitrogens is 2. The third-order valence-electron chi connectivity index (χ3n) is 7.43. The largest absolute Gasteiger partial charge is 0.434 e. The summed E-state index contributed by atoms with van der Waals surface area (Å²) < 4.78 is 90.8. The average molecular weight is 561 g/mol. The van der Waals surface area contributed by atoms with Crippen molar-refractivity contribution < 1.29 is 36.0 Å². The van der Waals surface area contributed by atoms with Crippen LogP contribution in [0.3, 0.4) is 0 Å². The van der Waals surface area contributed by atoms with Crippen molar-refractivity contribution in [1.82, 2.24) is 14.5 Å². The van der Waals surface area contributed by atoms with Gasteiger partial charge in [-0.05, 0) is 37.6 Å². The summed E-state index contributed by atoms with van der Waals surface area (Å²) in [6.07, 6.45) is 0.295. The van der Waals surface area contributed by atoms with Gasteiger partial charge in [0.05, 0.1) is 28.4 Å². The lowest BCUT2D eigenvalue weighted by Gasteiger charge is -2.24. The predicted molar refractivity (Wildman–Crippen MR) is 135 cm³/mol. The Balaban J connectivity index is 1.59. The Hall–Kier alpha value is -3.72. The van der Waals surface area contributed by atoms with Crippen molar-refractivity contribution in [2.24, 2.45) is 0 Å². The summed E-state index contributed by atoms with van der Waals surface area (Å²) in [7, 11) is -1.57. The second-order valence-electron chi connectivity index (χ2n) is 10.1. The van der Waals surface area contributed by atoms with Crippen LogP contribution >= 0.6 is 7.14 Å². The lowest BCUT2D eigenvalue weighted by atomic mass is 9.97. The molecule has 12 heteroatoms. The first-order valence-corrected chi connectivity index (χ1v) is 14.6. The molecule has 4 aromatic rings. The van der Waals surface area contributed by atoms with Crippen LogP contribution in [0, 0.1) is 17.5 Å². The molecule has 1 unspecified atom stereocenters. The SMILES string of the molecule is CN1C(=O)c2cccc(OC(F)F)c2[C@H]2CC1c1nc3cc(F)c(-c4ccc(P(C)(C)=O)c(F)c4F)cc3n12. The van der Waals surface area contributed by atoms with Crippen LogP contribution in [0.4, 0.5) is 22.0 Å². The quantitative estimate of drug-likeness (QED) is 0.224. The van der Waals surface area contributed by atoms with E-state index in [9.17, 15) is 22.5 Å². The highest BCUT2D eigenvalue weighted by Crippen LogP contribution is 2.50. The maximum Gasteiger partial charge on any atom is 0.387 e. The number of amides is 1. The summed E-state index contributed by atoms with van der Waals surface area (Å²) in [6, 6.07) is 7.87. The molecule has 2 atom stereocenters. The zero-order valence-corrected chi connectivity index (χ0v) is 21.8. The standard InChI is InChI=1S/C27H21F5N3O3P/c1-34-19-11-18(22-13(26(34)36)5-4-6-20(22)38-27(31)32)35-17-9-14(15(28)10-16(17)33-25(19)35)12-7-8-21(39(2,3)37)24(30)23(12)29/h4-10,18-19,27H,11H2,1-3H3/t18-,19?/m1/s1. The summed E-state index contributed by atoms with van der Waals surface area (Å²) in [5, 5.41) is -0.281. The van der Waals surface area contributed by atoms with Crippen molar-refractivity contribution in [3.8, 4) is 16.9 Å². The van der Waals surface area contributed by atoms with Crippen molar-refractivity contribution in [1.29, 1.82) is 0 Å². The number of imidazole rings is 1. The number of carbonyl (C=O) groups excluding carboxylic acids is 1. The molecule has 6 rings (SSSR count). The van der Waals surface area contributed by atoms with Crippen LogP contribution in [-0.2, 0) is 4.57 Å². The molecule has 39 heavy (non-hydrogen) atoms. The highest BCUT2D eigenvalue weighted by molar-refractivity contribution is 7.70. The van der Waals surface area contributed by atoms with Gasteiger partial charge >= 0.3 is 6.61 Å². The van der Waals surface area contributed by atoms with Crippen LogP contribution in [0.2, 0.25) is 0 Å². The van der Waals surface area contributed by atoms with Crippen molar-refractivity contribution in [3.05, 3.63) is 76.9 Å². The van der Waals surface area contributed by atoms with Crippen molar-refractivity contribution in [2.45, 2.75) is 25.1 Å². The molecule has 2 aliphatic heterocycles. The molecule has 0 radical (unpaired) electrons. The van der Waals surface area contributed by atoms with E-state index in [0.29, 0.717) is 17.8 Å². The fourth-order valence-corrected chi connectivity index (χ4v) is 6.68. The normalized spacial score (nSPS) is 18.5. The maximum atomic E-state index is 15.3. The third kappa shape index (κ3) is 3.77. The van der Waals surface area contributed by atoms with Gasteiger partial charge in [-0.3, -0.25) is 4.79 Å². The Labute approximate surface area is 219 Å². The molecule has 0 spiro atoms. The highest BCUT2D eigenvalue weighted by atomic mass is 31.2. The summed E-state index contributed by atoms with van der Waals surface area (Å²) in [4.78, 5) is 19.2. The zero-order valence-electron chi connectivity index (χ0n) is 20.9. The zero-order chi connectivity index (χ0) is 28.0. The third-order valence-corrected chi connectivity index (χ3v) is 8.93. The molecule has 1 aromatic heterocycles. The second-order valence-corrected chi connectivity index (χ2v) is 13.2. The topological polar surface area (TPSA) is 64.4 Å². The molecule has 0 saturated heterocycles. The van der Waals surface area contributed by atoms with E-state index < -0.39 is 49.2 Å². The number of ether oxygens (including phenoxy) is 1. The summed E-state index contributed by atoms with van der Waals surface area (Å²) in [5.74, 6) is -3.68. The molecular formula is C27H21F5N3O3P. The molecule has 202 valence electrons. The van der Waals surface area contributed by atoms with Gasteiger partial charge < -0.3 is 18.8 Å². The van der Waals surface area contributed by atoms with Gasteiger partial charge in [0.15, 0.2) is 11.6 Å². The van der Waals surface area contributed by atoms with E-state index in [-0.39, 0.29) is 38.8 Å². The van der Waals surface area contributed by atoms with Crippen LogP contribution in [0.25, 0.3) is 22.2 Å². The smallest absolute Gasteiger partial charge is 0.387 e. The number of fused-ring (bicyclic) bond motifs is 9. The number of hydrogen-bond donors (Lipinski definition) is 0. The lowest BCUT2D eigenvalue weighted by Crippen LogP contribution is -2.30. The summed E-state index contributed by atoms with van der Waals surface area (Å²) >= 11 is 0. The Morgan fingerprint density at radius 2 is 1.74 bits per heavy atom. The van der Waals surface area contributed by atoms with Crippen molar-refractivity contribution in [2.75, 3.05) is 20.4 Å². The first-order chi connectivity index (χ1) is 18.4. The van der Waals surface area contributed by atoms with Gasteiger partial charge in [0.1, 0.15) is 24.5 Å². The minimum Gasteiger partial charge on any atom is -0.434 e. The Morgan fingerprint density at radius 3 is 2.44 bits per heavy atom. The highest BCUT2D eigenvalue weighted by Gasteiger charge is 2.45. The predicted octanol–water partition coefficient (Wildman–Crippen LogP) is 6.09. The van der Waals surface area contributed by atoms with Crippen LogP contribution in [-0.4, -0.2) is 47.3 Å². The first-order valence-electron chi connectivity index (χ1n) is 12.0. The van der Waals surface area contributed by atoms with Gasteiger partial charge in [-0.1, -0.05) is 12.1 Å². The number of alkyl halides is 2. The molecule has 3 heterocycles. The molecule has 0 saturated carbocycles. The van der Waals surface area contributed by atoms with Gasteiger partial charge in [0.25, 0.3) is 5.91 Å². The summed E-state index contributed by atoms with van der Waals surface area (Å²) in [6.45, 7) is -0.523. The van der Waals surface area contributed by atoms with Gasteiger partial charge in [0, 0.05) is 41.8 Å². The van der Waals surface area contributed by atoms with Crippen molar-refractivity contribution >= 4 is 29.4 Å². The van der Waals surface area contributed by atoms with Gasteiger partial charge in [0.2, 0.25) is 0 Å². The average Bonchev–Trinajstić information content (AvgIpc) is 3.36. The van der Waals surface area contributed by atoms with Crippen LogP contribution in [0.5, 0.6) is 5.75 Å². The lowest BCUT2D eigenvalue weighted by molar-refractivity contribution is -0.0507. The Bertz CT molecular complexity index is 1750. The van der Waals surface area contributed by atoms with E-state index in [2.05, 4.69) is 4.98 Å². The monoisotopic (exact) mass is 561 g/mol. The van der Waals surface area contributed by atoms with E-state index in [1.807, 2.05) is 0 Å². The molecule has 2 bridgehead atoms. The fraction of sp³-hybridized carbons (Fsp3) is 0.259. The molecule has 0 aliphatic carbocycles. The second kappa shape index (κ2) is 8.64. The number of rotatable bonds is 4. The van der Waals surface area contributed by atoms with Crippen LogP contribution in [0.15, 0.2) is 42.5 Å². The Morgan fingerprint density at radius 1 is 1.00 bits per heavy atom. The van der Waals surface area contributed by atoms with Crippen LogP contribution in [0.1, 0.15) is 40.3 Å². The maximum absolute atomic E-state index is 15.3. The van der Waals surface area contributed by atoms with E-state index in [1.54, 1.807) is 11.6 Å². The molecule has 2 aliphatic rings. The van der Waals surface area contributed by atoms with Gasteiger partial charge in [-0.15, -0.1) is 0 Å². The van der Waals surface area contributed by atoms with Gasteiger partial charge in [-0.2, -0.15) is 8.78 Å². The van der Waals surface area contributed by atoms with E-state index in [1.165, 1.54) is 54.6 Å². The molecule has 6 nitrogen and oxygen atoms in total. The molecule has 3 aromatic carbocycles. The van der Waals surface area contributed by atoms with E-state index in [0.717, 1.165) is 6.07 Å². The molecule has 1 amide bonds. The molecular weight excluding hydrogens is 540 g/mol.